The molecule has 5 nitrogen and oxygen atoms in total. The number of carboxylic acid groups (broad SMARTS) is 1. The van der Waals surface area contributed by atoms with Gasteiger partial charge in [0.05, 0.1) is 17.4 Å². The fourth-order valence-electron chi connectivity index (χ4n) is 2.83. The fraction of sp³-hybridized carbons (Fsp3) is 0.357. The average Bonchev–Trinajstić information content (AvgIpc) is 2.92. The van der Waals surface area contributed by atoms with E-state index in [2.05, 4.69) is 9.97 Å². The lowest BCUT2D eigenvalue weighted by atomic mass is 9.96. The Kier molecular flexibility index (Phi) is 3.38. The Morgan fingerprint density at radius 2 is 2.05 bits per heavy atom. The van der Waals surface area contributed by atoms with Gasteiger partial charge in [0, 0.05) is 42.8 Å². The molecular formula is C14H12F3N3O2. The highest BCUT2D eigenvalue weighted by Crippen LogP contribution is 2.40. The predicted molar refractivity (Wildman–Crippen MR) is 72.4 cm³/mol. The van der Waals surface area contributed by atoms with E-state index in [0.29, 0.717) is 16.6 Å². The molecule has 2 atom stereocenters. The Balaban J connectivity index is 2.00. The first-order chi connectivity index (χ1) is 10.4. The molecule has 3 heterocycles. The van der Waals surface area contributed by atoms with E-state index in [-0.39, 0.29) is 13.1 Å². The molecule has 2 aromatic rings. The number of fused-ring (bicyclic) bond motifs is 1. The maximum absolute atomic E-state index is 13.1. The van der Waals surface area contributed by atoms with Crippen molar-refractivity contribution >= 4 is 22.6 Å². The molecule has 0 spiro atoms. The Labute approximate surface area is 123 Å². The standard InChI is InChI=1S/C14H12F3N3O2/c15-14(16,17)10-7-20(6-9(10)13(21)22)12-2-4-19-11-1-3-18-5-8(11)12/h1-5,9-10H,6-7H2,(H,21,22)/t9-,10-/m1/s1. The molecule has 0 aromatic carbocycles. The maximum atomic E-state index is 13.1. The van der Waals surface area contributed by atoms with Crippen molar-refractivity contribution in [3.8, 4) is 0 Å². The minimum absolute atomic E-state index is 0.187. The molecule has 0 radical (unpaired) electrons. The van der Waals surface area contributed by atoms with Crippen LogP contribution in [0.25, 0.3) is 10.9 Å². The predicted octanol–water partition coefficient (Wildman–Crippen LogP) is 2.33. The Hall–Kier alpha value is -2.38. The van der Waals surface area contributed by atoms with Gasteiger partial charge in [-0.15, -0.1) is 0 Å². The van der Waals surface area contributed by atoms with Crippen LogP contribution in [-0.2, 0) is 4.79 Å². The van der Waals surface area contributed by atoms with Crippen molar-refractivity contribution in [1.82, 2.24) is 9.97 Å². The molecule has 1 N–H and O–H groups in total. The van der Waals surface area contributed by atoms with Crippen LogP contribution >= 0.6 is 0 Å². The third-order valence-electron chi connectivity index (χ3n) is 3.92. The van der Waals surface area contributed by atoms with E-state index in [1.807, 2.05) is 0 Å². The van der Waals surface area contributed by atoms with Crippen molar-refractivity contribution in [3.63, 3.8) is 0 Å². The lowest BCUT2D eigenvalue weighted by Gasteiger charge is -2.20. The van der Waals surface area contributed by atoms with Gasteiger partial charge in [0.25, 0.3) is 0 Å². The van der Waals surface area contributed by atoms with Gasteiger partial charge >= 0.3 is 12.1 Å². The first-order valence-corrected chi connectivity index (χ1v) is 6.61. The van der Waals surface area contributed by atoms with E-state index in [4.69, 9.17) is 5.11 Å². The van der Waals surface area contributed by atoms with Crippen LogP contribution in [0.5, 0.6) is 0 Å². The molecule has 2 aromatic heterocycles. The quantitative estimate of drug-likeness (QED) is 0.922. The number of hydrogen-bond donors (Lipinski definition) is 1. The summed E-state index contributed by atoms with van der Waals surface area (Å²) in [6.45, 7) is -0.567. The van der Waals surface area contributed by atoms with E-state index in [0.717, 1.165) is 0 Å². The van der Waals surface area contributed by atoms with Crippen molar-refractivity contribution < 1.29 is 23.1 Å². The van der Waals surface area contributed by atoms with Gasteiger partial charge in [-0.2, -0.15) is 13.2 Å². The third kappa shape index (κ3) is 2.44. The summed E-state index contributed by atoms with van der Waals surface area (Å²) in [5.41, 5.74) is 1.13. The Bertz CT molecular complexity index is 715. The summed E-state index contributed by atoms with van der Waals surface area (Å²) < 4.78 is 39.2. The van der Waals surface area contributed by atoms with E-state index in [1.165, 1.54) is 17.3 Å². The molecule has 1 aliphatic rings. The van der Waals surface area contributed by atoms with Crippen LogP contribution < -0.4 is 4.90 Å². The minimum Gasteiger partial charge on any atom is -0.481 e. The molecule has 0 unspecified atom stereocenters. The van der Waals surface area contributed by atoms with Gasteiger partial charge in [-0.3, -0.25) is 14.8 Å². The second-order valence-corrected chi connectivity index (χ2v) is 5.22. The first-order valence-electron chi connectivity index (χ1n) is 6.61. The van der Waals surface area contributed by atoms with Gasteiger partial charge < -0.3 is 10.0 Å². The molecule has 3 rings (SSSR count). The molecule has 116 valence electrons. The van der Waals surface area contributed by atoms with Crippen LogP contribution in [0.15, 0.2) is 30.7 Å². The zero-order chi connectivity index (χ0) is 15.9. The van der Waals surface area contributed by atoms with E-state index >= 15 is 0 Å². The molecule has 8 heteroatoms. The summed E-state index contributed by atoms with van der Waals surface area (Å²) in [5, 5.41) is 9.68. The highest BCUT2D eigenvalue weighted by molar-refractivity contribution is 5.91. The van der Waals surface area contributed by atoms with Crippen molar-refractivity contribution in [3.05, 3.63) is 30.7 Å². The van der Waals surface area contributed by atoms with Gasteiger partial charge in [0.1, 0.15) is 0 Å². The normalized spacial score (nSPS) is 22.2. The van der Waals surface area contributed by atoms with Crippen LogP contribution in [0.4, 0.5) is 18.9 Å². The van der Waals surface area contributed by atoms with Gasteiger partial charge in [-0.25, -0.2) is 0 Å². The van der Waals surface area contributed by atoms with Crippen molar-refractivity contribution in [1.29, 1.82) is 0 Å². The van der Waals surface area contributed by atoms with E-state index in [9.17, 15) is 18.0 Å². The number of aliphatic carboxylic acids is 1. The van der Waals surface area contributed by atoms with Gasteiger partial charge in [-0.05, 0) is 12.1 Å². The molecule has 0 amide bonds. The second-order valence-electron chi connectivity index (χ2n) is 5.22. The molecule has 0 aliphatic carbocycles. The fourth-order valence-corrected chi connectivity index (χ4v) is 2.83. The topological polar surface area (TPSA) is 66.3 Å². The number of carboxylic acids is 1. The van der Waals surface area contributed by atoms with Gasteiger partial charge in [0.2, 0.25) is 0 Å². The molecule has 22 heavy (non-hydrogen) atoms. The number of rotatable bonds is 2. The number of pyridine rings is 2. The van der Waals surface area contributed by atoms with E-state index in [1.54, 1.807) is 18.3 Å². The third-order valence-corrected chi connectivity index (χ3v) is 3.92. The van der Waals surface area contributed by atoms with Crippen LogP contribution in [0.2, 0.25) is 0 Å². The molecule has 1 aliphatic heterocycles. The Morgan fingerprint density at radius 3 is 2.68 bits per heavy atom. The number of anilines is 1. The number of hydrogen-bond acceptors (Lipinski definition) is 4. The van der Waals surface area contributed by atoms with Crippen LogP contribution in [-0.4, -0.2) is 40.3 Å². The van der Waals surface area contributed by atoms with Crippen LogP contribution in [0, 0.1) is 11.8 Å². The zero-order valence-corrected chi connectivity index (χ0v) is 11.3. The number of carbonyl (C=O) groups is 1. The summed E-state index contributed by atoms with van der Waals surface area (Å²) in [4.78, 5) is 20.7. The van der Waals surface area contributed by atoms with E-state index < -0.39 is 24.0 Å². The second kappa shape index (κ2) is 5.11. The van der Waals surface area contributed by atoms with Crippen LogP contribution in [0.1, 0.15) is 0 Å². The number of aromatic nitrogens is 2. The van der Waals surface area contributed by atoms with Gasteiger partial charge in [0.15, 0.2) is 0 Å². The summed E-state index contributed by atoms with van der Waals surface area (Å²) in [6.07, 6.45) is 0.0171. The van der Waals surface area contributed by atoms with Crippen molar-refractivity contribution in [2.24, 2.45) is 11.8 Å². The average molecular weight is 311 g/mol. The largest absolute Gasteiger partial charge is 0.481 e. The number of halogens is 3. The molecule has 0 saturated carbocycles. The molecular weight excluding hydrogens is 299 g/mol. The smallest absolute Gasteiger partial charge is 0.394 e. The monoisotopic (exact) mass is 311 g/mol. The summed E-state index contributed by atoms with van der Waals surface area (Å²) >= 11 is 0. The zero-order valence-electron chi connectivity index (χ0n) is 11.3. The Morgan fingerprint density at radius 1 is 1.27 bits per heavy atom. The lowest BCUT2D eigenvalue weighted by molar-refractivity contribution is -0.187. The molecule has 1 saturated heterocycles. The summed E-state index contributed by atoms with van der Waals surface area (Å²) in [5.74, 6) is -4.79. The maximum Gasteiger partial charge on any atom is 0.394 e. The molecule has 0 bridgehead atoms. The molecule has 1 fully saturated rings. The van der Waals surface area contributed by atoms with Crippen molar-refractivity contribution in [2.75, 3.05) is 18.0 Å². The van der Waals surface area contributed by atoms with Crippen LogP contribution in [0.3, 0.4) is 0 Å². The first kappa shape index (κ1) is 14.6. The minimum atomic E-state index is -4.54. The SMILES string of the molecule is O=C(O)[C@@H]1CN(c2ccnc3ccncc23)C[C@H]1C(F)(F)F. The number of alkyl halides is 3. The summed E-state index contributed by atoms with van der Waals surface area (Å²) in [7, 11) is 0. The van der Waals surface area contributed by atoms with Gasteiger partial charge in [-0.1, -0.05) is 0 Å². The number of nitrogens with zero attached hydrogens (tertiary/aromatic N) is 3. The highest BCUT2D eigenvalue weighted by Gasteiger charge is 2.52. The lowest BCUT2D eigenvalue weighted by Crippen LogP contribution is -2.33. The van der Waals surface area contributed by atoms with Crippen molar-refractivity contribution in [2.45, 2.75) is 6.18 Å². The highest BCUT2D eigenvalue weighted by atomic mass is 19.4. The summed E-state index contributed by atoms with van der Waals surface area (Å²) in [6, 6.07) is 3.24.